The summed E-state index contributed by atoms with van der Waals surface area (Å²) in [5.41, 5.74) is 0. The predicted octanol–water partition coefficient (Wildman–Crippen LogP) is 8.40. The summed E-state index contributed by atoms with van der Waals surface area (Å²) in [6, 6.07) is 0. The minimum Gasteiger partial charge on any atom is -0.234 e. The molecule has 0 radical (unpaired) electrons. The van der Waals surface area contributed by atoms with Gasteiger partial charge in [-0.2, -0.15) is 0 Å². The first kappa shape index (κ1) is 26.2. The minimum absolute atomic E-state index is 1.22. The standard InChI is InChI=1S/C27H53N2/c1-4-7-10-12-14-15-17-19-21-24-29-26-25-28(27(29)22-9-6-3)23-20-18-16-13-11-8-5-2/h25-26H,4-24H2,1-3H3/q+1. The third-order valence-electron chi connectivity index (χ3n) is 6.35. The Labute approximate surface area is 183 Å². The molecular weight excluding hydrogens is 352 g/mol. The Bertz CT molecular complexity index is 463. The van der Waals surface area contributed by atoms with Crippen LogP contribution in [-0.2, 0) is 19.5 Å². The molecule has 0 saturated carbocycles. The second-order valence-corrected chi connectivity index (χ2v) is 9.15. The van der Waals surface area contributed by atoms with Crippen molar-refractivity contribution >= 4 is 0 Å². The molecule has 0 aliphatic rings. The molecule has 0 aromatic carbocycles. The normalized spacial score (nSPS) is 11.4. The molecule has 0 fully saturated rings. The van der Waals surface area contributed by atoms with Crippen LogP contribution in [0.25, 0.3) is 0 Å². The molecule has 0 aliphatic carbocycles. The van der Waals surface area contributed by atoms with E-state index in [1.807, 2.05) is 0 Å². The molecule has 0 N–H and O–H groups in total. The average Bonchev–Trinajstić information content (AvgIpc) is 3.12. The first-order valence-corrected chi connectivity index (χ1v) is 13.4. The van der Waals surface area contributed by atoms with Gasteiger partial charge in [-0.1, -0.05) is 104 Å². The van der Waals surface area contributed by atoms with Crippen LogP contribution >= 0.6 is 0 Å². The lowest BCUT2D eigenvalue weighted by atomic mass is 10.1. The minimum atomic E-state index is 1.22. The van der Waals surface area contributed by atoms with E-state index >= 15 is 0 Å². The second-order valence-electron chi connectivity index (χ2n) is 9.15. The van der Waals surface area contributed by atoms with Gasteiger partial charge < -0.3 is 0 Å². The number of hydrogen-bond acceptors (Lipinski definition) is 0. The summed E-state index contributed by atoms with van der Waals surface area (Å²) in [5.74, 6) is 1.58. The Morgan fingerprint density at radius 1 is 0.586 bits per heavy atom. The van der Waals surface area contributed by atoms with Gasteiger partial charge in [-0.15, -0.1) is 0 Å². The van der Waals surface area contributed by atoms with Crippen LogP contribution in [0.3, 0.4) is 0 Å². The Morgan fingerprint density at radius 2 is 1.07 bits per heavy atom. The fourth-order valence-corrected chi connectivity index (χ4v) is 4.36. The predicted molar refractivity (Wildman–Crippen MR) is 128 cm³/mol. The smallest absolute Gasteiger partial charge is 0.234 e. The number of aryl methyl sites for hydroxylation is 2. The number of rotatable bonds is 21. The van der Waals surface area contributed by atoms with Gasteiger partial charge in [-0.3, -0.25) is 0 Å². The van der Waals surface area contributed by atoms with Crippen LogP contribution in [0.1, 0.15) is 142 Å². The van der Waals surface area contributed by atoms with Crippen LogP contribution in [0.5, 0.6) is 0 Å². The summed E-state index contributed by atoms with van der Waals surface area (Å²) in [6.07, 6.45) is 31.1. The van der Waals surface area contributed by atoms with E-state index in [1.54, 1.807) is 5.82 Å². The monoisotopic (exact) mass is 405 g/mol. The van der Waals surface area contributed by atoms with Gasteiger partial charge in [-0.25, -0.2) is 9.13 Å². The van der Waals surface area contributed by atoms with Gasteiger partial charge >= 0.3 is 0 Å². The molecule has 170 valence electrons. The third kappa shape index (κ3) is 13.2. The van der Waals surface area contributed by atoms with E-state index in [4.69, 9.17) is 0 Å². The maximum Gasteiger partial charge on any atom is 0.256 e. The highest BCUT2D eigenvalue weighted by atomic mass is 15.1. The maximum atomic E-state index is 2.57. The first-order valence-electron chi connectivity index (χ1n) is 13.4. The van der Waals surface area contributed by atoms with Gasteiger partial charge in [0.25, 0.3) is 5.82 Å². The summed E-state index contributed by atoms with van der Waals surface area (Å²) >= 11 is 0. The van der Waals surface area contributed by atoms with Crippen molar-refractivity contribution in [2.45, 2.75) is 156 Å². The highest BCUT2D eigenvalue weighted by Gasteiger charge is 2.16. The number of hydrogen-bond donors (Lipinski definition) is 0. The maximum absolute atomic E-state index is 2.57. The van der Waals surface area contributed by atoms with Crippen molar-refractivity contribution in [3.8, 4) is 0 Å². The number of imidazole rings is 1. The number of unbranched alkanes of at least 4 members (excludes halogenated alkanes) is 15. The molecule has 0 spiro atoms. The van der Waals surface area contributed by atoms with E-state index in [-0.39, 0.29) is 0 Å². The van der Waals surface area contributed by atoms with Crippen molar-refractivity contribution in [3.63, 3.8) is 0 Å². The van der Waals surface area contributed by atoms with Crippen molar-refractivity contribution in [1.82, 2.24) is 4.57 Å². The van der Waals surface area contributed by atoms with Crippen LogP contribution in [0.15, 0.2) is 12.4 Å². The van der Waals surface area contributed by atoms with Gasteiger partial charge in [0.05, 0.1) is 13.1 Å². The molecule has 0 bridgehead atoms. The van der Waals surface area contributed by atoms with Crippen LogP contribution in [0, 0.1) is 0 Å². The quantitative estimate of drug-likeness (QED) is 0.143. The Hall–Kier alpha value is -0.790. The molecule has 2 heteroatoms. The van der Waals surface area contributed by atoms with Crippen molar-refractivity contribution in [3.05, 3.63) is 18.2 Å². The highest BCUT2D eigenvalue weighted by molar-refractivity contribution is 4.84. The SMILES string of the molecule is CCCCCCCCCCCn1cc[n+](CCCCCCCCC)c1CCCC. The zero-order valence-corrected chi connectivity index (χ0v) is 20.4. The van der Waals surface area contributed by atoms with Gasteiger partial charge in [0.2, 0.25) is 0 Å². The summed E-state index contributed by atoms with van der Waals surface area (Å²) in [6.45, 7) is 9.35. The number of nitrogens with zero attached hydrogens (tertiary/aromatic N) is 2. The van der Waals surface area contributed by atoms with Gasteiger partial charge in [-0.05, 0) is 32.1 Å². The van der Waals surface area contributed by atoms with Crippen molar-refractivity contribution in [2.75, 3.05) is 0 Å². The fraction of sp³-hybridized carbons (Fsp3) is 0.889. The Balaban J connectivity index is 2.27. The highest BCUT2D eigenvalue weighted by Crippen LogP contribution is 2.12. The first-order chi connectivity index (χ1) is 14.3. The molecule has 1 heterocycles. The molecule has 0 atom stereocenters. The summed E-state index contributed by atoms with van der Waals surface area (Å²) in [7, 11) is 0. The molecule has 29 heavy (non-hydrogen) atoms. The van der Waals surface area contributed by atoms with Gasteiger partial charge in [0.1, 0.15) is 12.4 Å². The molecular formula is C27H53N2+. The van der Waals surface area contributed by atoms with E-state index < -0.39 is 0 Å². The summed E-state index contributed by atoms with van der Waals surface area (Å²) < 4.78 is 5.13. The molecule has 0 aliphatic heterocycles. The topological polar surface area (TPSA) is 8.81 Å². The van der Waals surface area contributed by atoms with Crippen molar-refractivity contribution in [2.24, 2.45) is 0 Å². The zero-order valence-electron chi connectivity index (χ0n) is 20.4. The molecule has 0 unspecified atom stereocenters. The zero-order chi connectivity index (χ0) is 21.0. The van der Waals surface area contributed by atoms with E-state index in [2.05, 4.69) is 42.3 Å². The molecule has 2 nitrogen and oxygen atoms in total. The largest absolute Gasteiger partial charge is 0.256 e. The van der Waals surface area contributed by atoms with Gasteiger partial charge in [0, 0.05) is 6.42 Å². The fourth-order valence-electron chi connectivity index (χ4n) is 4.36. The molecule has 1 aromatic rings. The van der Waals surface area contributed by atoms with E-state index in [0.29, 0.717) is 0 Å². The lowest BCUT2D eigenvalue weighted by Gasteiger charge is -2.06. The van der Waals surface area contributed by atoms with Crippen molar-refractivity contribution < 1.29 is 4.57 Å². The molecule has 0 saturated heterocycles. The third-order valence-corrected chi connectivity index (χ3v) is 6.35. The van der Waals surface area contributed by atoms with Crippen LogP contribution in [0.2, 0.25) is 0 Å². The Morgan fingerprint density at radius 3 is 1.62 bits per heavy atom. The van der Waals surface area contributed by atoms with E-state index in [0.717, 1.165) is 0 Å². The van der Waals surface area contributed by atoms with Crippen LogP contribution in [0.4, 0.5) is 0 Å². The van der Waals surface area contributed by atoms with Crippen LogP contribution in [-0.4, -0.2) is 4.57 Å². The molecule has 1 aromatic heterocycles. The second kappa shape index (κ2) is 19.2. The lowest BCUT2D eigenvalue weighted by Crippen LogP contribution is -2.37. The van der Waals surface area contributed by atoms with E-state index in [9.17, 15) is 0 Å². The van der Waals surface area contributed by atoms with Gasteiger partial charge in [0.15, 0.2) is 0 Å². The van der Waals surface area contributed by atoms with E-state index in [1.165, 1.54) is 135 Å². The molecule has 0 amide bonds. The van der Waals surface area contributed by atoms with Crippen molar-refractivity contribution in [1.29, 1.82) is 0 Å². The summed E-state index contributed by atoms with van der Waals surface area (Å²) in [5, 5.41) is 0. The number of aromatic nitrogens is 2. The molecule has 1 rings (SSSR count). The Kier molecular flexibility index (Phi) is 17.4. The van der Waals surface area contributed by atoms with Crippen LogP contribution < -0.4 is 4.57 Å². The average molecular weight is 406 g/mol. The summed E-state index contributed by atoms with van der Waals surface area (Å²) in [4.78, 5) is 0. The lowest BCUT2D eigenvalue weighted by molar-refractivity contribution is -0.704.